The molecule has 110 valence electrons. The van der Waals surface area contributed by atoms with E-state index in [0.29, 0.717) is 0 Å². The Morgan fingerprint density at radius 1 is 0.500 bits per heavy atom. The first-order valence-corrected chi connectivity index (χ1v) is 6.00. The summed E-state index contributed by atoms with van der Waals surface area (Å²) >= 11 is 0. The molecular formula is FeMgNiO12S3. The second-order valence-electron chi connectivity index (χ2n) is 1.22. The van der Waals surface area contributed by atoms with E-state index >= 15 is 0 Å². The monoisotopic (exact) mass is 426 g/mol. The third-order valence-corrected chi connectivity index (χ3v) is 0. The predicted molar refractivity (Wildman–Crippen MR) is 37.2 cm³/mol. The maximum atomic E-state index is 8.52. The van der Waals surface area contributed by atoms with Gasteiger partial charge in [-0.15, -0.1) is 0 Å². The summed E-state index contributed by atoms with van der Waals surface area (Å²) in [7, 11) is -15.5. The van der Waals surface area contributed by atoms with Crippen molar-refractivity contribution in [2.45, 2.75) is 0 Å². The maximum Gasteiger partial charge on any atom is 2.00 e. The van der Waals surface area contributed by atoms with E-state index in [4.69, 9.17) is 52.6 Å². The average molecular weight is 427 g/mol. The van der Waals surface area contributed by atoms with Crippen LogP contribution in [0.1, 0.15) is 0 Å². The van der Waals surface area contributed by atoms with Gasteiger partial charge < -0.3 is 27.3 Å². The van der Waals surface area contributed by atoms with Crippen LogP contribution < -0.4 is 0 Å². The Labute approximate surface area is 139 Å². The SMILES string of the molecule is O=S(=O)([O-])[O-].O=S(=O)([O-])[O-].O=S(=O)([O-])[O-].[Fe+2].[Mg+2].[Ni+2]. The first-order chi connectivity index (χ1) is 6.00. The Morgan fingerprint density at radius 3 is 0.500 bits per heavy atom. The summed E-state index contributed by atoms with van der Waals surface area (Å²) in [6, 6.07) is 0. The third kappa shape index (κ3) is 2420. The van der Waals surface area contributed by atoms with Crippen LogP contribution >= 0.6 is 0 Å². The van der Waals surface area contributed by atoms with Crippen molar-refractivity contribution in [1.29, 1.82) is 0 Å². The molecule has 0 N–H and O–H groups in total. The molecule has 18 heteroatoms. The summed E-state index contributed by atoms with van der Waals surface area (Å²) in [4.78, 5) is 0. The van der Waals surface area contributed by atoms with Gasteiger partial charge in [0.25, 0.3) is 0 Å². The molecule has 0 rings (SSSR count). The van der Waals surface area contributed by atoms with E-state index in [1.807, 2.05) is 0 Å². The zero-order valence-electron chi connectivity index (χ0n) is 7.50. The van der Waals surface area contributed by atoms with Crippen molar-refractivity contribution in [3.63, 3.8) is 0 Å². The quantitative estimate of drug-likeness (QED) is 0.202. The van der Waals surface area contributed by atoms with E-state index in [1.165, 1.54) is 0 Å². The van der Waals surface area contributed by atoms with Crippen LogP contribution in [0, 0.1) is 0 Å². The molecule has 0 aliphatic heterocycles. The first kappa shape index (κ1) is 36.6. The third-order valence-electron chi connectivity index (χ3n) is 0. The molecule has 12 nitrogen and oxygen atoms in total. The molecular weight excluding hydrogens is 427 g/mol. The van der Waals surface area contributed by atoms with Crippen LogP contribution in [-0.4, -0.2) is 75.6 Å². The van der Waals surface area contributed by atoms with Crippen LogP contribution in [0.4, 0.5) is 0 Å². The van der Waals surface area contributed by atoms with Crippen molar-refractivity contribution in [2.75, 3.05) is 0 Å². The zero-order valence-corrected chi connectivity index (χ0v) is 13.5. The largest absolute Gasteiger partial charge is 2.00 e. The Balaban J connectivity index is -0.0000000277. The molecule has 0 aliphatic carbocycles. The fraction of sp³-hybridized carbons (Fsp3) is 0. The van der Waals surface area contributed by atoms with E-state index < -0.39 is 31.2 Å². The average Bonchev–Trinajstić information content (AvgIpc) is 1.41. The molecule has 0 aliphatic rings. The fourth-order valence-electron chi connectivity index (χ4n) is 0. The summed E-state index contributed by atoms with van der Waals surface area (Å²) in [6.45, 7) is 0. The van der Waals surface area contributed by atoms with Crippen molar-refractivity contribution in [1.82, 2.24) is 0 Å². The van der Waals surface area contributed by atoms with Crippen LogP contribution in [0.15, 0.2) is 0 Å². The molecule has 0 unspecified atom stereocenters. The van der Waals surface area contributed by atoms with Crippen LogP contribution in [0.3, 0.4) is 0 Å². The van der Waals surface area contributed by atoms with Crippen molar-refractivity contribution < 1.29 is 86.1 Å². The number of hydrogen-bond acceptors (Lipinski definition) is 12. The van der Waals surface area contributed by atoms with Gasteiger partial charge in [0.05, 0.1) is 0 Å². The smallest absolute Gasteiger partial charge is 0.759 e. The topological polar surface area (TPSA) is 241 Å². The van der Waals surface area contributed by atoms with Gasteiger partial charge in [-0.2, -0.15) is 0 Å². The molecule has 0 aromatic carbocycles. The van der Waals surface area contributed by atoms with Gasteiger partial charge in [0.15, 0.2) is 0 Å². The van der Waals surface area contributed by atoms with Crippen molar-refractivity contribution in [3.05, 3.63) is 0 Å². The molecule has 0 heterocycles. The van der Waals surface area contributed by atoms with E-state index in [0.717, 1.165) is 0 Å². The van der Waals surface area contributed by atoms with E-state index in [1.54, 1.807) is 0 Å². The second-order valence-corrected chi connectivity index (χ2v) is 3.67. The Morgan fingerprint density at radius 2 is 0.500 bits per heavy atom. The summed E-state index contributed by atoms with van der Waals surface area (Å²) < 4.78 is 102. The Hall–Kier alpha value is 1.39. The second kappa shape index (κ2) is 14.8. The predicted octanol–water partition coefficient (Wildman–Crippen LogP) is -4.40. The van der Waals surface area contributed by atoms with E-state index in [-0.39, 0.29) is 56.6 Å². The van der Waals surface area contributed by atoms with Crippen molar-refractivity contribution in [2.24, 2.45) is 0 Å². The summed E-state index contributed by atoms with van der Waals surface area (Å²) in [5.41, 5.74) is 0. The fourth-order valence-corrected chi connectivity index (χ4v) is 0. The molecule has 0 saturated heterocycles. The molecule has 0 amide bonds. The molecule has 18 heavy (non-hydrogen) atoms. The minimum atomic E-state index is -5.17. The molecule has 0 atom stereocenters. The van der Waals surface area contributed by atoms with Crippen LogP contribution in [-0.2, 0) is 64.8 Å². The van der Waals surface area contributed by atoms with E-state index in [2.05, 4.69) is 0 Å². The maximum absolute atomic E-state index is 8.52. The molecule has 0 bridgehead atoms. The Kier molecular flexibility index (Phi) is 30.1. The van der Waals surface area contributed by atoms with E-state index in [9.17, 15) is 0 Å². The van der Waals surface area contributed by atoms with Gasteiger partial charge >= 0.3 is 56.6 Å². The first-order valence-electron chi connectivity index (χ1n) is 2.00. The summed E-state index contributed by atoms with van der Waals surface area (Å²) in [6.07, 6.45) is 0. The van der Waals surface area contributed by atoms with Gasteiger partial charge in [-0.3, -0.25) is 25.3 Å². The minimum absolute atomic E-state index is 0. The number of rotatable bonds is 0. The van der Waals surface area contributed by atoms with Crippen LogP contribution in [0.5, 0.6) is 0 Å². The van der Waals surface area contributed by atoms with Gasteiger partial charge in [-0.05, 0) is 0 Å². The van der Waals surface area contributed by atoms with Gasteiger partial charge in [-0.25, -0.2) is 0 Å². The summed E-state index contributed by atoms with van der Waals surface area (Å²) in [5, 5.41) is 0. The Bertz CT molecular complexity index is 348. The zero-order chi connectivity index (χ0) is 13.5. The van der Waals surface area contributed by atoms with Gasteiger partial charge in [-0.1, -0.05) is 0 Å². The molecule has 0 spiro atoms. The van der Waals surface area contributed by atoms with Crippen molar-refractivity contribution in [3.8, 4) is 0 Å². The standard InChI is InChI=1S/Fe.Mg.Ni.3H2O4S/c;;;3*1-5(2,3)4/h;;;3*(H2,1,2,3,4)/q3*+2;;;/p-6. The summed E-state index contributed by atoms with van der Waals surface area (Å²) in [5.74, 6) is 0. The van der Waals surface area contributed by atoms with Crippen molar-refractivity contribution >= 4 is 54.2 Å². The van der Waals surface area contributed by atoms with Crippen LogP contribution in [0.25, 0.3) is 0 Å². The molecule has 0 aromatic rings. The molecule has 0 aromatic heterocycles. The molecule has 0 fully saturated rings. The molecule has 0 radical (unpaired) electrons. The van der Waals surface area contributed by atoms with Crippen LogP contribution in [0.2, 0.25) is 0 Å². The normalized spacial score (nSPS) is 9.67. The number of hydrogen-bond donors (Lipinski definition) is 0. The van der Waals surface area contributed by atoms with Gasteiger partial charge in [0.1, 0.15) is 0 Å². The molecule has 0 saturated carbocycles. The van der Waals surface area contributed by atoms with Gasteiger partial charge in [0, 0.05) is 31.2 Å². The van der Waals surface area contributed by atoms with Gasteiger partial charge in [0.2, 0.25) is 0 Å². The minimum Gasteiger partial charge on any atom is -0.759 e.